The van der Waals surface area contributed by atoms with E-state index in [0.29, 0.717) is 16.7 Å². The van der Waals surface area contributed by atoms with Crippen LogP contribution in [0.4, 0.5) is 0 Å². The number of nitrogens with zero attached hydrogens (tertiary/aromatic N) is 2. The maximum Gasteiger partial charge on any atom is 0.246 e. The molecule has 2 heterocycles. The van der Waals surface area contributed by atoms with E-state index in [1.807, 2.05) is 24.3 Å². The maximum absolute atomic E-state index is 5.87. The number of benzene rings is 1. The van der Waals surface area contributed by atoms with Crippen molar-refractivity contribution in [2.75, 3.05) is 6.54 Å². The van der Waals surface area contributed by atoms with Gasteiger partial charge >= 0.3 is 0 Å². The third kappa shape index (κ3) is 2.51. The van der Waals surface area contributed by atoms with Gasteiger partial charge in [-0.25, -0.2) is 0 Å². The van der Waals surface area contributed by atoms with Crippen molar-refractivity contribution < 1.29 is 4.52 Å². The van der Waals surface area contributed by atoms with Crippen molar-refractivity contribution in [3.63, 3.8) is 0 Å². The van der Waals surface area contributed by atoms with Crippen LogP contribution >= 0.6 is 11.6 Å². The van der Waals surface area contributed by atoms with Crippen LogP contribution in [0.15, 0.2) is 28.8 Å². The molecule has 1 N–H and O–H groups in total. The number of halogens is 1. The summed E-state index contributed by atoms with van der Waals surface area (Å²) in [6, 6.07) is 7.45. The Balaban J connectivity index is 1.88. The van der Waals surface area contributed by atoms with Gasteiger partial charge in [0.15, 0.2) is 0 Å². The van der Waals surface area contributed by atoms with Gasteiger partial charge < -0.3 is 9.84 Å². The van der Waals surface area contributed by atoms with Crippen LogP contribution in [0.3, 0.4) is 0 Å². The number of piperidine rings is 1. The predicted molar refractivity (Wildman–Crippen MR) is 73.9 cm³/mol. The van der Waals surface area contributed by atoms with E-state index in [1.54, 1.807) is 0 Å². The zero-order valence-electron chi connectivity index (χ0n) is 10.8. The lowest BCUT2D eigenvalue weighted by atomic mass is 9.91. The van der Waals surface area contributed by atoms with E-state index in [1.165, 1.54) is 12.8 Å². The topological polar surface area (TPSA) is 51.0 Å². The molecule has 1 aromatic heterocycles. The molecular weight excluding hydrogens is 262 g/mol. The van der Waals surface area contributed by atoms with E-state index in [9.17, 15) is 0 Å². The summed E-state index contributed by atoms with van der Waals surface area (Å²) >= 11 is 5.87. The second kappa shape index (κ2) is 4.94. The van der Waals surface area contributed by atoms with Crippen LogP contribution in [0.25, 0.3) is 11.4 Å². The van der Waals surface area contributed by atoms with Crippen molar-refractivity contribution in [3.8, 4) is 11.4 Å². The first-order valence-corrected chi connectivity index (χ1v) is 6.90. The monoisotopic (exact) mass is 277 g/mol. The minimum Gasteiger partial charge on any atom is -0.337 e. The molecule has 100 valence electrons. The third-order valence-electron chi connectivity index (χ3n) is 3.62. The van der Waals surface area contributed by atoms with Crippen LogP contribution in [0.1, 0.15) is 32.1 Å². The SMILES string of the molecule is CC1(c2nc(-c3ccc(Cl)cc3)no2)CCCCN1. The number of hydrogen-bond donors (Lipinski definition) is 1. The molecule has 2 aromatic rings. The molecular formula is C14H16ClN3O. The van der Waals surface area contributed by atoms with Crippen LogP contribution in [-0.4, -0.2) is 16.7 Å². The minimum absolute atomic E-state index is 0.198. The molecule has 5 heteroatoms. The third-order valence-corrected chi connectivity index (χ3v) is 3.87. The zero-order valence-corrected chi connectivity index (χ0v) is 11.6. The highest BCUT2D eigenvalue weighted by Crippen LogP contribution is 2.30. The lowest BCUT2D eigenvalue weighted by molar-refractivity contribution is 0.207. The fourth-order valence-electron chi connectivity index (χ4n) is 2.40. The molecule has 0 bridgehead atoms. The molecule has 0 spiro atoms. The molecule has 19 heavy (non-hydrogen) atoms. The molecule has 0 amide bonds. The second-order valence-corrected chi connectivity index (χ2v) is 5.58. The molecule has 1 saturated heterocycles. The Morgan fingerprint density at radius 2 is 2.05 bits per heavy atom. The van der Waals surface area contributed by atoms with Crippen LogP contribution < -0.4 is 5.32 Å². The fourth-order valence-corrected chi connectivity index (χ4v) is 2.53. The number of hydrogen-bond acceptors (Lipinski definition) is 4. The van der Waals surface area contributed by atoms with Gasteiger partial charge in [0.05, 0.1) is 5.54 Å². The molecule has 1 aliphatic rings. The molecule has 1 aromatic carbocycles. The highest BCUT2D eigenvalue weighted by molar-refractivity contribution is 6.30. The summed E-state index contributed by atoms with van der Waals surface area (Å²) in [5.41, 5.74) is 0.717. The molecule has 1 aliphatic heterocycles. The van der Waals surface area contributed by atoms with Crippen LogP contribution in [0.5, 0.6) is 0 Å². The van der Waals surface area contributed by atoms with Crippen molar-refractivity contribution in [1.29, 1.82) is 0 Å². The second-order valence-electron chi connectivity index (χ2n) is 5.15. The summed E-state index contributed by atoms with van der Waals surface area (Å²) in [7, 11) is 0. The Morgan fingerprint density at radius 3 is 2.74 bits per heavy atom. The van der Waals surface area contributed by atoms with Gasteiger partial charge in [0, 0.05) is 10.6 Å². The van der Waals surface area contributed by atoms with Crippen LogP contribution in [0.2, 0.25) is 5.02 Å². The van der Waals surface area contributed by atoms with E-state index in [4.69, 9.17) is 16.1 Å². The van der Waals surface area contributed by atoms with Gasteiger partial charge in [-0.05, 0) is 57.0 Å². The number of rotatable bonds is 2. The molecule has 1 atom stereocenters. The van der Waals surface area contributed by atoms with Crippen LogP contribution in [0, 0.1) is 0 Å². The van der Waals surface area contributed by atoms with Gasteiger partial charge in [0.2, 0.25) is 11.7 Å². The van der Waals surface area contributed by atoms with Crippen molar-refractivity contribution in [2.45, 2.75) is 31.7 Å². The summed E-state index contributed by atoms with van der Waals surface area (Å²) < 4.78 is 5.44. The molecule has 4 nitrogen and oxygen atoms in total. The molecule has 0 radical (unpaired) electrons. The maximum atomic E-state index is 5.87. The summed E-state index contributed by atoms with van der Waals surface area (Å²) in [5, 5.41) is 8.24. The van der Waals surface area contributed by atoms with Crippen molar-refractivity contribution in [2.24, 2.45) is 0 Å². The van der Waals surface area contributed by atoms with Gasteiger partial charge in [-0.15, -0.1) is 0 Å². The van der Waals surface area contributed by atoms with Crippen LogP contribution in [-0.2, 0) is 5.54 Å². The van der Waals surface area contributed by atoms with E-state index in [-0.39, 0.29) is 5.54 Å². The Labute approximate surface area is 117 Å². The van der Waals surface area contributed by atoms with E-state index in [2.05, 4.69) is 22.4 Å². The van der Waals surface area contributed by atoms with Gasteiger partial charge in [-0.1, -0.05) is 16.8 Å². The summed E-state index contributed by atoms with van der Waals surface area (Å²) in [4.78, 5) is 4.52. The minimum atomic E-state index is -0.198. The first kappa shape index (κ1) is 12.6. The van der Waals surface area contributed by atoms with Gasteiger partial charge in [-0.2, -0.15) is 4.98 Å². The van der Waals surface area contributed by atoms with Crippen molar-refractivity contribution in [3.05, 3.63) is 35.2 Å². The molecule has 3 rings (SSSR count). The lowest BCUT2D eigenvalue weighted by Crippen LogP contribution is -2.43. The highest BCUT2D eigenvalue weighted by atomic mass is 35.5. The largest absolute Gasteiger partial charge is 0.337 e. The molecule has 1 fully saturated rings. The van der Waals surface area contributed by atoms with E-state index in [0.717, 1.165) is 18.5 Å². The Morgan fingerprint density at radius 1 is 1.26 bits per heavy atom. The lowest BCUT2D eigenvalue weighted by Gasteiger charge is -2.31. The predicted octanol–water partition coefficient (Wildman–Crippen LogP) is 3.38. The van der Waals surface area contributed by atoms with Gasteiger partial charge in [0.1, 0.15) is 0 Å². The van der Waals surface area contributed by atoms with Gasteiger partial charge in [-0.3, -0.25) is 0 Å². The molecule has 0 saturated carbocycles. The smallest absolute Gasteiger partial charge is 0.246 e. The summed E-state index contributed by atoms with van der Waals surface area (Å²) in [6.07, 6.45) is 3.41. The van der Waals surface area contributed by atoms with Gasteiger partial charge in [0.25, 0.3) is 0 Å². The number of nitrogens with one attached hydrogen (secondary N) is 1. The van der Waals surface area contributed by atoms with E-state index >= 15 is 0 Å². The summed E-state index contributed by atoms with van der Waals surface area (Å²) in [6.45, 7) is 3.11. The Kier molecular flexibility index (Phi) is 3.29. The normalized spacial score (nSPS) is 23.5. The van der Waals surface area contributed by atoms with E-state index < -0.39 is 0 Å². The molecule has 1 unspecified atom stereocenters. The zero-order chi connectivity index (χ0) is 13.3. The van der Waals surface area contributed by atoms with Crippen molar-refractivity contribution >= 4 is 11.6 Å². The Bertz CT molecular complexity index is 558. The first-order chi connectivity index (χ1) is 9.17. The summed E-state index contributed by atoms with van der Waals surface area (Å²) in [5.74, 6) is 1.28. The quantitative estimate of drug-likeness (QED) is 0.914. The standard InChI is InChI=1S/C14H16ClN3O/c1-14(8-2-3-9-16-14)13-17-12(18-19-13)10-4-6-11(15)7-5-10/h4-7,16H,2-3,8-9H2,1H3. The van der Waals surface area contributed by atoms with Crippen molar-refractivity contribution in [1.82, 2.24) is 15.5 Å². The number of aromatic nitrogens is 2. The Hall–Kier alpha value is -1.39. The highest BCUT2D eigenvalue weighted by Gasteiger charge is 2.34. The first-order valence-electron chi connectivity index (χ1n) is 6.52. The molecule has 0 aliphatic carbocycles. The average Bonchev–Trinajstić information content (AvgIpc) is 2.91. The fraction of sp³-hybridized carbons (Fsp3) is 0.429. The average molecular weight is 278 g/mol.